The Morgan fingerprint density at radius 2 is 2.28 bits per heavy atom. The zero-order chi connectivity index (χ0) is 13.5. The molecule has 0 bridgehead atoms. The molecule has 100 valence electrons. The fourth-order valence-corrected chi connectivity index (χ4v) is 1.72. The summed E-state index contributed by atoms with van der Waals surface area (Å²) >= 11 is 0. The molecule has 4 N–H and O–H groups in total. The number of anilines is 1. The Hall–Kier alpha value is -1.58. The van der Waals surface area contributed by atoms with E-state index >= 15 is 0 Å². The number of aliphatic hydroxyl groups excluding tert-OH is 2. The molecular weight excluding hydrogens is 252 g/mol. The molecule has 9 heteroatoms. The van der Waals surface area contributed by atoms with Gasteiger partial charge in [-0.25, -0.2) is 4.79 Å². The minimum Gasteiger partial charge on any atom is -0.394 e. The highest BCUT2D eigenvalue weighted by Gasteiger charge is 2.59. The summed E-state index contributed by atoms with van der Waals surface area (Å²) in [6.45, 7) is -0.787. The molecule has 0 aliphatic carbocycles. The molecule has 0 saturated carbocycles. The van der Waals surface area contributed by atoms with E-state index in [0.717, 1.165) is 12.3 Å². The third kappa shape index (κ3) is 1.85. The van der Waals surface area contributed by atoms with Gasteiger partial charge in [0, 0.05) is 6.20 Å². The van der Waals surface area contributed by atoms with Crippen LogP contribution in [-0.2, 0) is 4.74 Å². The van der Waals surface area contributed by atoms with Crippen molar-refractivity contribution in [2.75, 3.05) is 12.3 Å². The Labute approximate surface area is 99.4 Å². The molecule has 1 aromatic rings. The highest BCUT2D eigenvalue weighted by molar-refractivity contribution is 5.23. The van der Waals surface area contributed by atoms with Gasteiger partial charge in [0.1, 0.15) is 11.9 Å². The Balaban J connectivity index is 2.42. The number of nitrogen functional groups attached to an aromatic ring is 1. The summed E-state index contributed by atoms with van der Waals surface area (Å²) < 4.78 is 32.7. The molecule has 2 unspecified atom stereocenters. The van der Waals surface area contributed by atoms with Crippen LogP contribution >= 0.6 is 0 Å². The van der Waals surface area contributed by atoms with Crippen LogP contribution in [0, 0.1) is 0 Å². The molecule has 1 saturated heterocycles. The minimum absolute atomic E-state index is 0.114. The van der Waals surface area contributed by atoms with Gasteiger partial charge in [-0.3, -0.25) is 4.57 Å². The van der Waals surface area contributed by atoms with Crippen LogP contribution in [-0.4, -0.2) is 44.5 Å². The third-order valence-corrected chi connectivity index (χ3v) is 2.66. The summed E-state index contributed by atoms with van der Waals surface area (Å²) in [7, 11) is 0. The number of hydrogen-bond donors (Lipinski definition) is 3. The van der Waals surface area contributed by atoms with Crippen molar-refractivity contribution in [1.29, 1.82) is 0 Å². The molecule has 3 atom stereocenters. The first-order valence-corrected chi connectivity index (χ1v) is 5.04. The Kier molecular flexibility index (Phi) is 3.05. The molecule has 0 spiro atoms. The van der Waals surface area contributed by atoms with Crippen LogP contribution < -0.4 is 11.4 Å². The normalized spacial score (nSPS) is 30.6. The summed E-state index contributed by atoms with van der Waals surface area (Å²) in [5.74, 6) is -3.83. The van der Waals surface area contributed by atoms with Gasteiger partial charge >= 0.3 is 11.6 Å². The largest absolute Gasteiger partial charge is 0.394 e. The molecular formula is C9H11F2N3O4. The van der Waals surface area contributed by atoms with E-state index < -0.39 is 36.7 Å². The van der Waals surface area contributed by atoms with Crippen molar-refractivity contribution in [2.24, 2.45) is 0 Å². The average Bonchev–Trinajstić information content (AvgIpc) is 2.52. The van der Waals surface area contributed by atoms with Crippen molar-refractivity contribution < 1.29 is 23.7 Å². The van der Waals surface area contributed by atoms with Gasteiger partial charge in [-0.2, -0.15) is 13.8 Å². The molecule has 1 aliphatic rings. The maximum atomic E-state index is 13.7. The van der Waals surface area contributed by atoms with Crippen molar-refractivity contribution in [1.82, 2.24) is 9.55 Å². The lowest BCUT2D eigenvalue weighted by molar-refractivity contribution is -0.140. The quantitative estimate of drug-likeness (QED) is 0.612. The number of rotatable bonds is 2. The van der Waals surface area contributed by atoms with E-state index in [9.17, 15) is 18.7 Å². The van der Waals surface area contributed by atoms with Gasteiger partial charge in [0.2, 0.25) is 6.23 Å². The van der Waals surface area contributed by atoms with Gasteiger partial charge in [-0.1, -0.05) is 0 Å². The zero-order valence-corrected chi connectivity index (χ0v) is 9.03. The summed E-state index contributed by atoms with van der Waals surface area (Å²) in [5, 5.41) is 18.1. The molecule has 1 aliphatic heterocycles. The van der Waals surface area contributed by atoms with Crippen LogP contribution in [0.2, 0.25) is 0 Å². The first kappa shape index (κ1) is 12.9. The van der Waals surface area contributed by atoms with Crippen molar-refractivity contribution in [2.45, 2.75) is 24.4 Å². The predicted octanol–water partition coefficient (Wildman–Crippen LogP) is -1.29. The average molecular weight is 263 g/mol. The molecule has 1 aromatic heterocycles. The smallest absolute Gasteiger partial charge is 0.351 e. The van der Waals surface area contributed by atoms with Crippen LogP contribution in [0.15, 0.2) is 17.1 Å². The third-order valence-electron chi connectivity index (χ3n) is 2.66. The molecule has 0 aromatic carbocycles. The molecule has 7 nitrogen and oxygen atoms in total. The Morgan fingerprint density at radius 1 is 1.61 bits per heavy atom. The Morgan fingerprint density at radius 3 is 2.78 bits per heavy atom. The minimum atomic E-state index is -3.71. The van der Waals surface area contributed by atoms with Gasteiger partial charge in [0.05, 0.1) is 6.61 Å². The zero-order valence-electron chi connectivity index (χ0n) is 9.03. The van der Waals surface area contributed by atoms with Gasteiger partial charge in [-0.15, -0.1) is 0 Å². The number of nitrogens with zero attached hydrogens (tertiary/aromatic N) is 2. The number of nitrogens with two attached hydrogens (primary N) is 1. The van der Waals surface area contributed by atoms with E-state index in [0.29, 0.717) is 4.57 Å². The van der Waals surface area contributed by atoms with Crippen LogP contribution in [0.3, 0.4) is 0 Å². The molecule has 18 heavy (non-hydrogen) atoms. The second kappa shape index (κ2) is 4.26. The topological polar surface area (TPSA) is 111 Å². The molecule has 2 rings (SSSR count). The number of hydrogen-bond acceptors (Lipinski definition) is 6. The second-order valence-electron chi connectivity index (χ2n) is 3.87. The lowest BCUT2D eigenvalue weighted by atomic mass is 10.1. The summed E-state index contributed by atoms with van der Waals surface area (Å²) in [6, 6.07) is 1.15. The van der Waals surface area contributed by atoms with E-state index in [4.69, 9.17) is 15.6 Å². The van der Waals surface area contributed by atoms with Crippen LogP contribution in [0.5, 0.6) is 0 Å². The fraction of sp³-hybridized carbons (Fsp3) is 0.556. The summed E-state index contributed by atoms with van der Waals surface area (Å²) in [5.41, 5.74) is 4.21. The van der Waals surface area contributed by atoms with E-state index in [1.165, 1.54) is 0 Å². The van der Waals surface area contributed by atoms with Gasteiger partial charge < -0.3 is 20.7 Å². The van der Waals surface area contributed by atoms with Crippen molar-refractivity contribution >= 4 is 5.82 Å². The van der Waals surface area contributed by atoms with Crippen LogP contribution in [0.25, 0.3) is 0 Å². The Bertz CT molecular complexity index is 507. The van der Waals surface area contributed by atoms with Crippen molar-refractivity contribution in [3.63, 3.8) is 0 Å². The summed E-state index contributed by atoms with van der Waals surface area (Å²) in [4.78, 5) is 14.7. The lowest BCUT2D eigenvalue weighted by Gasteiger charge is -2.20. The maximum Gasteiger partial charge on any atom is 0.351 e. The van der Waals surface area contributed by atoms with Crippen LogP contribution in [0.4, 0.5) is 14.6 Å². The number of aromatic nitrogens is 2. The monoisotopic (exact) mass is 263 g/mol. The highest BCUT2D eigenvalue weighted by atomic mass is 19.3. The number of aliphatic hydroxyl groups is 2. The standard InChI is InChI=1S/C9H11F2N3O4/c10-9(11)6(16)4(3-15)18-7(9)14-2-1-5(12)13-8(14)17/h1-2,4,6-7,15-16H,3H2,(H2,12,13,17)/t4-,6?,7?/m1/s1. The lowest BCUT2D eigenvalue weighted by Crippen LogP contribution is -2.41. The molecule has 0 radical (unpaired) electrons. The number of ether oxygens (including phenoxy) is 1. The number of alkyl halides is 2. The predicted molar refractivity (Wildman–Crippen MR) is 54.9 cm³/mol. The second-order valence-corrected chi connectivity index (χ2v) is 3.87. The highest BCUT2D eigenvalue weighted by Crippen LogP contribution is 2.41. The van der Waals surface area contributed by atoms with E-state index in [1.807, 2.05) is 0 Å². The van der Waals surface area contributed by atoms with E-state index in [-0.39, 0.29) is 5.82 Å². The first-order valence-electron chi connectivity index (χ1n) is 5.04. The van der Waals surface area contributed by atoms with Gasteiger partial charge in [0.25, 0.3) is 0 Å². The van der Waals surface area contributed by atoms with Gasteiger partial charge in [0.15, 0.2) is 6.10 Å². The van der Waals surface area contributed by atoms with Gasteiger partial charge in [-0.05, 0) is 6.07 Å². The molecule has 1 fully saturated rings. The first-order chi connectivity index (χ1) is 8.37. The molecule has 0 amide bonds. The van der Waals surface area contributed by atoms with Crippen LogP contribution in [0.1, 0.15) is 6.23 Å². The van der Waals surface area contributed by atoms with Crippen molar-refractivity contribution in [3.05, 3.63) is 22.7 Å². The fourth-order valence-electron chi connectivity index (χ4n) is 1.72. The summed E-state index contributed by atoms with van der Waals surface area (Å²) in [6.07, 6.45) is -4.69. The number of halogens is 2. The van der Waals surface area contributed by atoms with Crippen molar-refractivity contribution in [3.8, 4) is 0 Å². The SMILES string of the molecule is Nc1ccn(C2O[C@H](CO)C(O)C2(F)F)c(=O)n1. The maximum absolute atomic E-state index is 13.7. The van der Waals surface area contributed by atoms with E-state index in [1.54, 1.807) is 0 Å². The molecule has 2 heterocycles. The van der Waals surface area contributed by atoms with E-state index in [2.05, 4.69) is 4.98 Å².